The molecule has 0 saturated carbocycles. The number of primary sulfonamides is 1. The molecule has 0 radical (unpaired) electrons. The number of nitrogens with two attached hydrogens (primary N) is 1. The van der Waals surface area contributed by atoms with Crippen LogP contribution in [0.2, 0.25) is 0 Å². The van der Waals surface area contributed by atoms with Crippen molar-refractivity contribution < 1.29 is 13.5 Å². The highest BCUT2D eigenvalue weighted by Crippen LogP contribution is 2.26. The maximum atomic E-state index is 11.4. The average molecular weight is 243 g/mol. The normalized spacial score (nSPS) is 13.7. The molecule has 0 fully saturated rings. The van der Waals surface area contributed by atoms with Crippen LogP contribution >= 0.6 is 0 Å². The first-order valence-corrected chi connectivity index (χ1v) is 6.78. The molecule has 0 aliphatic heterocycles. The summed E-state index contributed by atoms with van der Waals surface area (Å²) < 4.78 is 22.7. The second-order valence-corrected chi connectivity index (χ2v) is 5.28. The lowest BCUT2D eigenvalue weighted by atomic mass is 9.95. The van der Waals surface area contributed by atoms with Gasteiger partial charge in [-0.1, -0.05) is 31.5 Å². The Morgan fingerprint density at radius 2 is 2.00 bits per heavy atom. The van der Waals surface area contributed by atoms with Gasteiger partial charge in [0.1, 0.15) is 0 Å². The molecule has 0 heterocycles. The van der Waals surface area contributed by atoms with E-state index in [1.54, 1.807) is 18.2 Å². The topological polar surface area (TPSA) is 80.4 Å². The van der Waals surface area contributed by atoms with E-state index in [0.717, 1.165) is 12.8 Å². The summed E-state index contributed by atoms with van der Waals surface area (Å²) >= 11 is 0. The number of rotatable bonds is 5. The highest BCUT2D eigenvalue weighted by Gasteiger charge is 2.19. The van der Waals surface area contributed by atoms with Crippen LogP contribution in [0.5, 0.6) is 0 Å². The molecule has 0 amide bonds. The lowest BCUT2D eigenvalue weighted by Crippen LogP contribution is -2.17. The SMILES string of the molecule is CCCC(CO)c1ccccc1S(N)(=O)=O. The summed E-state index contributed by atoms with van der Waals surface area (Å²) in [7, 11) is -3.72. The van der Waals surface area contributed by atoms with E-state index in [9.17, 15) is 13.5 Å². The Bertz CT molecular complexity index is 442. The molecule has 0 aliphatic rings. The number of aliphatic hydroxyl groups is 1. The van der Waals surface area contributed by atoms with Crippen molar-refractivity contribution in [1.82, 2.24) is 0 Å². The van der Waals surface area contributed by atoms with Crippen LogP contribution in [0.1, 0.15) is 31.2 Å². The van der Waals surface area contributed by atoms with E-state index in [2.05, 4.69) is 0 Å². The van der Waals surface area contributed by atoms with Crippen molar-refractivity contribution in [1.29, 1.82) is 0 Å². The van der Waals surface area contributed by atoms with E-state index >= 15 is 0 Å². The van der Waals surface area contributed by atoms with Crippen molar-refractivity contribution in [2.45, 2.75) is 30.6 Å². The number of aliphatic hydroxyl groups excluding tert-OH is 1. The molecule has 0 spiro atoms. The number of benzene rings is 1. The zero-order valence-electron chi connectivity index (χ0n) is 9.26. The van der Waals surface area contributed by atoms with Gasteiger partial charge in [0, 0.05) is 12.5 Å². The smallest absolute Gasteiger partial charge is 0.238 e. The largest absolute Gasteiger partial charge is 0.396 e. The highest BCUT2D eigenvalue weighted by atomic mass is 32.2. The second kappa shape index (κ2) is 5.43. The van der Waals surface area contributed by atoms with Gasteiger partial charge in [0.15, 0.2) is 0 Å². The zero-order chi connectivity index (χ0) is 12.2. The quantitative estimate of drug-likeness (QED) is 0.815. The Hall–Kier alpha value is -0.910. The highest BCUT2D eigenvalue weighted by molar-refractivity contribution is 7.89. The standard InChI is InChI=1S/C11H17NO3S/c1-2-5-9(8-13)10-6-3-4-7-11(10)16(12,14)15/h3-4,6-7,9,13H,2,5,8H2,1H3,(H2,12,14,15). The van der Waals surface area contributed by atoms with Gasteiger partial charge in [-0.2, -0.15) is 0 Å². The number of sulfonamides is 1. The minimum Gasteiger partial charge on any atom is -0.396 e. The zero-order valence-corrected chi connectivity index (χ0v) is 10.1. The summed E-state index contributed by atoms with van der Waals surface area (Å²) in [6.45, 7) is 1.92. The molecule has 0 aromatic heterocycles. The molecule has 1 aromatic carbocycles. The summed E-state index contributed by atoms with van der Waals surface area (Å²) in [5, 5.41) is 14.4. The van der Waals surface area contributed by atoms with Crippen molar-refractivity contribution in [3.63, 3.8) is 0 Å². The molecule has 3 N–H and O–H groups in total. The minimum absolute atomic E-state index is 0.0691. The summed E-state index contributed by atoms with van der Waals surface area (Å²) in [5.41, 5.74) is 0.606. The minimum atomic E-state index is -3.72. The van der Waals surface area contributed by atoms with Crippen LogP contribution in [-0.2, 0) is 10.0 Å². The fraction of sp³-hybridized carbons (Fsp3) is 0.455. The predicted octanol–water partition coefficient (Wildman–Crippen LogP) is 1.21. The van der Waals surface area contributed by atoms with Crippen LogP contribution in [0.25, 0.3) is 0 Å². The third-order valence-corrected chi connectivity index (χ3v) is 3.51. The van der Waals surface area contributed by atoms with Crippen molar-refractivity contribution in [2.24, 2.45) is 5.14 Å². The van der Waals surface area contributed by atoms with Gasteiger partial charge in [-0.25, -0.2) is 13.6 Å². The first-order valence-electron chi connectivity index (χ1n) is 5.23. The molecule has 1 aromatic rings. The van der Waals surface area contributed by atoms with E-state index in [1.165, 1.54) is 6.07 Å². The summed E-state index contributed by atoms with van der Waals surface area (Å²) in [5.74, 6) is -0.167. The van der Waals surface area contributed by atoms with Gasteiger partial charge in [0.05, 0.1) is 4.90 Å². The first-order chi connectivity index (χ1) is 7.50. The van der Waals surface area contributed by atoms with Crippen molar-refractivity contribution in [3.8, 4) is 0 Å². The van der Waals surface area contributed by atoms with Gasteiger partial charge in [0.2, 0.25) is 10.0 Å². The monoisotopic (exact) mass is 243 g/mol. The second-order valence-electron chi connectivity index (χ2n) is 3.75. The maximum absolute atomic E-state index is 11.4. The van der Waals surface area contributed by atoms with Gasteiger partial charge in [-0.05, 0) is 18.1 Å². The Labute approximate surface area is 96.2 Å². The van der Waals surface area contributed by atoms with Crippen LogP contribution in [0.15, 0.2) is 29.2 Å². The lowest BCUT2D eigenvalue weighted by Gasteiger charge is -2.16. The number of hydrogen-bond acceptors (Lipinski definition) is 3. The van der Waals surface area contributed by atoms with Crippen LogP contribution in [-0.4, -0.2) is 20.1 Å². The Morgan fingerprint density at radius 3 is 2.50 bits per heavy atom. The van der Waals surface area contributed by atoms with Crippen molar-refractivity contribution in [3.05, 3.63) is 29.8 Å². The summed E-state index contributed by atoms with van der Waals surface area (Å²) in [4.78, 5) is 0.113. The van der Waals surface area contributed by atoms with Crippen LogP contribution in [0, 0.1) is 0 Å². The lowest BCUT2D eigenvalue weighted by molar-refractivity contribution is 0.257. The molecule has 0 saturated heterocycles. The third kappa shape index (κ3) is 3.04. The maximum Gasteiger partial charge on any atom is 0.238 e. The number of hydrogen-bond donors (Lipinski definition) is 2. The molecule has 16 heavy (non-hydrogen) atoms. The fourth-order valence-electron chi connectivity index (χ4n) is 1.77. The van der Waals surface area contributed by atoms with Crippen LogP contribution < -0.4 is 5.14 Å². The van der Waals surface area contributed by atoms with Crippen LogP contribution in [0.4, 0.5) is 0 Å². The first kappa shape index (κ1) is 13.2. The molecule has 90 valence electrons. The van der Waals surface area contributed by atoms with E-state index in [1.807, 2.05) is 6.92 Å². The van der Waals surface area contributed by atoms with Crippen molar-refractivity contribution in [2.75, 3.05) is 6.61 Å². The van der Waals surface area contributed by atoms with Crippen LogP contribution in [0.3, 0.4) is 0 Å². The van der Waals surface area contributed by atoms with E-state index < -0.39 is 10.0 Å². The Kier molecular flexibility index (Phi) is 4.46. The average Bonchev–Trinajstić information content (AvgIpc) is 2.25. The van der Waals surface area contributed by atoms with Gasteiger partial charge in [-0.3, -0.25) is 0 Å². The van der Waals surface area contributed by atoms with Gasteiger partial charge in [-0.15, -0.1) is 0 Å². The summed E-state index contributed by atoms with van der Waals surface area (Å²) in [6.07, 6.45) is 1.62. The predicted molar refractivity (Wildman–Crippen MR) is 62.6 cm³/mol. The van der Waals surface area contributed by atoms with Gasteiger partial charge < -0.3 is 5.11 Å². The molecule has 5 heteroatoms. The van der Waals surface area contributed by atoms with E-state index in [4.69, 9.17) is 5.14 Å². The third-order valence-electron chi connectivity index (χ3n) is 2.52. The molecular weight excluding hydrogens is 226 g/mol. The fourth-order valence-corrected chi connectivity index (χ4v) is 2.60. The van der Waals surface area contributed by atoms with Gasteiger partial charge in [0.25, 0.3) is 0 Å². The molecule has 4 nitrogen and oxygen atoms in total. The van der Waals surface area contributed by atoms with E-state index in [-0.39, 0.29) is 17.4 Å². The Balaban J connectivity index is 3.22. The van der Waals surface area contributed by atoms with Crippen molar-refractivity contribution >= 4 is 10.0 Å². The molecule has 1 atom stereocenters. The molecular formula is C11H17NO3S. The van der Waals surface area contributed by atoms with E-state index in [0.29, 0.717) is 5.56 Å². The molecule has 0 aliphatic carbocycles. The molecule has 1 unspecified atom stereocenters. The molecule has 0 bridgehead atoms. The molecule has 1 rings (SSSR count). The Morgan fingerprint density at radius 1 is 1.38 bits per heavy atom. The van der Waals surface area contributed by atoms with Gasteiger partial charge >= 0.3 is 0 Å². The summed E-state index contributed by atoms with van der Waals surface area (Å²) in [6, 6.07) is 6.56.